The molecule has 2 aliphatic rings. The zero-order valence-electron chi connectivity index (χ0n) is 13.1. The topological polar surface area (TPSA) is 33.7 Å². The third-order valence-corrected chi connectivity index (χ3v) is 4.71. The van der Waals surface area contributed by atoms with Gasteiger partial charge in [0.15, 0.2) is 11.5 Å². The molecule has 1 unspecified atom stereocenters. The lowest BCUT2D eigenvalue weighted by Crippen LogP contribution is -2.35. The van der Waals surface area contributed by atoms with E-state index in [0.29, 0.717) is 19.3 Å². The molecule has 1 N–H and O–H groups in total. The Morgan fingerprint density at radius 1 is 1.19 bits per heavy atom. The molecule has 1 atom stereocenters. The van der Waals surface area contributed by atoms with E-state index in [0.717, 1.165) is 37.1 Å². The van der Waals surface area contributed by atoms with Crippen LogP contribution in [0.3, 0.4) is 0 Å². The van der Waals surface area contributed by atoms with Crippen molar-refractivity contribution in [3.63, 3.8) is 0 Å². The van der Waals surface area contributed by atoms with Crippen LogP contribution in [0.4, 0.5) is 0 Å². The maximum atomic E-state index is 5.69. The van der Waals surface area contributed by atoms with Crippen LogP contribution in [-0.2, 0) is 0 Å². The summed E-state index contributed by atoms with van der Waals surface area (Å²) in [7, 11) is 2.23. The lowest BCUT2D eigenvalue weighted by atomic mass is 9.96. The van der Waals surface area contributed by atoms with Gasteiger partial charge in [0.05, 0.1) is 0 Å². The minimum atomic E-state index is 0.399. The number of hydrogen-bond donors (Lipinski definition) is 1. The van der Waals surface area contributed by atoms with Crippen LogP contribution in [0.2, 0.25) is 0 Å². The van der Waals surface area contributed by atoms with Crippen molar-refractivity contribution in [2.75, 3.05) is 39.9 Å². The van der Waals surface area contributed by atoms with Crippen LogP contribution in [0.1, 0.15) is 31.4 Å². The Labute approximate surface area is 127 Å². The standard InChI is InChI=1S/C17H26N2O2/c1-13(19(2)12-14-5-7-18-8-6-14)15-3-4-16-17(11-15)21-10-9-20-16/h3-4,11,13-14,18H,5-10,12H2,1-2H3. The second kappa shape index (κ2) is 6.67. The smallest absolute Gasteiger partial charge is 0.161 e. The van der Waals surface area contributed by atoms with Crippen LogP contribution in [0, 0.1) is 5.92 Å². The fourth-order valence-corrected chi connectivity index (χ4v) is 3.20. The van der Waals surface area contributed by atoms with Gasteiger partial charge in [0.2, 0.25) is 0 Å². The zero-order valence-corrected chi connectivity index (χ0v) is 13.1. The van der Waals surface area contributed by atoms with Gasteiger partial charge in [-0.25, -0.2) is 0 Å². The third kappa shape index (κ3) is 3.50. The quantitative estimate of drug-likeness (QED) is 0.923. The second-order valence-corrected chi connectivity index (χ2v) is 6.21. The van der Waals surface area contributed by atoms with E-state index in [-0.39, 0.29) is 0 Å². The van der Waals surface area contributed by atoms with Gasteiger partial charge in [-0.2, -0.15) is 0 Å². The Kier molecular flexibility index (Phi) is 4.66. The van der Waals surface area contributed by atoms with Crippen molar-refractivity contribution in [3.05, 3.63) is 23.8 Å². The first-order valence-electron chi connectivity index (χ1n) is 8.04. The summed E-state index contributed by atoms with van der Waals surface area (Å²) in [5.74, 6) is 2.58. The van der Waals surface area contributed by atoms with Crippen molar-refractivity contribution in [2.24, 2.45) is 5.92 Å². The molecule has 1 saturated heterocycles. The van der Waals surface area contributed by atoms with Crippen LogP contribution in [0.15, 0.2) is 18.2 Å². The van der Waals surface area contributed by atoms with Gasteiger partial charge in [-0.05, 0) is 63.5 Å². The predicted octanol–water partition coefficient (Wildman–Crippen LogP) is 2.45. The molecule has 0 amide bonds. The summed E-state index contributed by atoms with van der Waals surface area (Å²) < 4.78 is 11.3. The first kappa shape index (κ1) is 14.7. The average Bonchev–Trinajstić information content (AvgIpc) is 2.54. The lowest BCUT2D eigenvalue weighted by Gasteiger charge is -2.32. The fourth-order valence-electron chi connectivity index (χ4n) is 3.20. The van der Waals surface area contributed by atoms with Crippen molar-refractivity contribution in [3.8, 4) is 11.5 Å². The van der Waals surface area contributed by atoms with Crippen molar-refractivity contribution in [1.29, 1.82) is 0 Å². The summed E-state index contributed by atoms with van der Waals surface area (Å²) in [6.07, 6.45) is 2.58. The number of hydrogen-bond acceptors (Lipinski definition) is 4. The van der Waals surface area contributed by atoms with Crippen LogP contribution in [0.25, 0.3) is 0 Å². The van der Waals surface area contributed by atoms with E-state index in [2.05, 4.69) is 36.3 Å². The SMILES string of the molecule is CC(c1ccc2c(c1)OCCO2)N(C)CC1CCNCC1. The fraction of sp³-hybridized carbons (Fsp3) is 0.647. The molecule has 0 saturated carbocycles. The molecule has 1 fully saturated rings. The number of nitrogens with one attached hydrogen (secondary N) is 1. The summed E-state index contributed by atoms with van der Waals surface area (Å²) in [6.45, 7) is 7.06. The largest absolute Gasteiger partial charge is 0.486 e. The van der Waals surface area contributed by atoms with Crippen molar-refractivity contribution in [1.82, 2.24) is 10.2 Å². The molecule has 116 valence electrons. The highest BCUT2D eigenvalue weighted by Crippen LogP contribution is 2.34. The number of benzene rings is 1. The van der Waals surface area contributed by atoms with Gasteiger partial charge in [-0.3, -0.25) is 4.90 Å². The van der Waals surface area contributed by atoms with Crippen molar-refractivity contribution in [2.45, 2.75) is 25.8 Å². The molecule has 2 aliphatic heterocycles. The lowest BCUT2D eigenvalue weighted by molar-refractivity contribution is 0.169. The van der Waals surface area contributed by atoms with Gasteiger partial charge in [0, 0.05) is 12.6 Å². The number of fused-ring (bicyclic) bond motifs is 1. The van der Waals surface area contributed by atoms with Gasteiger partial charge >= 0.3 is 0 Å². The molecule has 1 aromatic carbocycles. The van der Waals surface area contributed by atoms with E-state index in [1.54, 1.807) is 0 Å². The summed E-state index contributed by atoms with van der Waals surface area (Å²) in [4.78, 5) is 2.46. The van der Waals surface area contributed by atoms with Crippen LogP contribution >= 0.6 is 0 Å². The number of rotatable bonds is 4. The molecule has 0 aromatic heterocycles. The van der Waals surface area contributed by atoms with Crippen LogP contribution < -0.4 is 14.8 Å². The normalized spacial score (nSPS) is 20.5. The van der Waals surface area contributed by atoms with E-state index >= 15 is 0 Å². The Bertz CT molecular complexity index is 472. The molecule has 21 heavy (non-hydrogen) atoms. The molecule has 0 radical (unpaired) electrons. The monoisotopic (exact) mass is 290 g/mol. The first-order valence-corrected chi connectivity index (χ1v) is 8.04. The summed E-state index contributed by atoms with van der Waals surface area (Å²) >= 11 is 0. The second-order valence-electron chi connectivity index (χ2n) is 6.21. The molecule has 3 rings (SSSR count). The molecular weight excluding hydrogens is 264 g/mol. The number of piperidine rings is 1. The molecule has 0 spiro atoms. The highest BCUT2D eigenvalue weighted by Gasteiger charge is 2.20. The van der Waals surface area contributed by atoms with Crippen LogP contribution in [0.5, 0.6) is 11.5 Å². The maximum absolute atomic E-state index is 5.69. The minimum absolute atomic E-state index is 0.399. The average molecular weight is 290 g/mol. The molecular formula is C17H26N2O2. The van der Waals surface area contributed by atoms with E-state index in [1.165, 1.54) is 18.4 Å². The van der Waals surface area contributed by atoms with E-state index in [1.807, 2.05) is 6.07 Å². The number of ether oxygens (including phenoxy) is 2. The number of nitrogens with zero attached hydrogens (tertiary/aromatic N) is 1. The maximum Gasteiger partial charge on any atom is 0.161 e. The first-order chi connectivity index (χ1) is 10.2. The van der Waals surface area contributed by atoms with E-state index in [4.69, 9.17) is 9.47 Å². The van der Waals surface area contributed by atoms with Crippen molar-refractivity contribution < 1.29 is 9.47 Å². The molecule has 0 aliphatic carbocycles. The van der Waals surface area contributed by atoms with Gasteiger partial charge in [0.1, 0.15) is 13.2 Å². The highest BCUT2D eigenvalue weighted by atomic mass is 16.6. The summed E-state index contributed by atoms with van der Waals surface area (Å²) in [6, 6.07) is 6.74. The Morgan fingerprint density at radius 3 is 2.67 bits per heavy atom. The van der Waals surface area contributed by atoms with Crippen molar-refractivity contribution >= 4 is 0 Å². The molecule has 4 heteroatoms. The Balaban J connectivity index is 1.64. The Hall–Kier alpha value is -1.26. The Morgan fingerprint density at radius 2 is 1.90 bits per heavy atom. The van der Waals surface area contributed by atoms with Gasteiger partial charge < -0.3 is 14.8 Å². The molecule has 0 bridgehead atoms. The van der Waals surface area contributed by atoms with E-state index < -0.39 is 0 Å². The minimum Gasteiger partial charge on any atom is -0.486 e. The summed E-state index contributed by atoms with van der Waals surface area (Å²) in [5.41, 5.74) is 1.30. The van der Waals surface area contributed by atoms with E-state index in [9.17, 15) is 0 Å². The zero-order chi connectivity index (χ0) is 14.7. The molecule has 2 heterocycles. The van der Waals surface area contributed by atoms with Gasteiger partial charge in [0.25, 0.3) is 0 Å². The molecule has 4 nitrogen and oxygen atoms in total. The molecule has 1 aromatic rings. The van der Waals surface area contributed by atoms with Crippen LogP contribution in [-0.4, -0.2) is 44.8 Å². The van der Waals surface area contributed by atoms with Gasteiger partial charge in [-0.15, -0.1) is 0 Å². The van der Waals surface area contributed by atoms with Gasteiger partial charge in [-0.1, -0.05) is 6.07 Å². The predicted molar refractivity (Wildman–Crippen MR) is 84.1 cm³/mol. The highest BCUT2D eigenvalue weighted by molar-refractivity contribution is 5.44. The third-order valence-electron chi connectivity index (χ3n) is 4.71. The summed E-state index contributed by atoms with van der Waals surface area (Å²) in [5, 5.41) is 3.43.